The second-order valence-corrected chi connectivity index (χ2v) is 6.06. The lowest BCUT2D eigenvalue weighted by atomic mass is 10.1. The van der Waals surface area contributed by atoms with Crippen molar-refractivity contribution in [3.05, 3.63) is 46.2 Å². The number of rotatable bonds is 8. The largest absolute Gasteiger partial charge is 0.493 e. The molecule has 1 heterocycles. The van der Waals surface area contributed by atoms with Gasteiger partial charge in [-0.05, 0) is 52.9 Å². The van der Waals surface area contributed by atoms with E-state index in [1.165, 1.54) is 11.1 Å². The summed E-state index contributed by atoms with van der Waals surface area (Å²) >= 11 is 1.70. The van der Waals surface area contributed by atoms with Crippen LogP contribution in [0.1, 0.15) is 17.5 Å². The Morgan fingerprint density at radius 1 is 1.08 bits per heavy atom. The van der Waals surface area contributed by atoms with Crippen molar-refractivity contribution in [2.75, 3.05) is 27.8 Å². The van der Waals surface area contributed by atoms with E-state index in [0.717, 1.165) is 43.4 Å². The first-order valence-electron chi connectivity index (χ1n) is 7.93. The van der Waals surface area contributed by atoms with E-state index in [0.29, 0.717) is 0 Å². The Morgan fingerprint density at radius 2 is 1.92 bits per heavy atom. The average Bonchev–Trinajstić information content (AvgIpc) is 3.14. The van der Waals surface area contributed by atoms with Crippen molar-refractivity contribution in [2.24, 2.45) is 4.99 Å². The maximum Gasteiger partial charge on any atom is 0.191 e. The number of aliphatic imine (C=N–C) groups is 1. The van der Waals surface area contributed by atoms with Gasteiger partial charge in [0, 0.05) is 20.1 Å². The van der Waals surface area contributed by atoms with E-state index in [4.69, 9.17) is 9.47 Å². The van der Waals surface area contributed by atoms with Gasteiger partial charge in [-0.2, -0.15) is 11.3 Å². The summed E-state index contributed by atoms with van der Waals surface area (Å²) < 4.78 is 10.6. The van der Waals surface area contributed by atoms with Crippen LogP contribution in [0.3, 0.4) is 0 Å². The monoisotopic (exact) mass is 347 g/mol. The Hall–Kier alpha value is -2.21. The van der Waals surface area contributed by atoms with E-state index in [-0.39, 0.29) is 0 Å². The van der Waals surface area contributed by atoms with Crippen molar-refractivity contribution in [2.45, 2.75) is 19.4 Å². The highest BCUT2D eigenvalue weighted by Gasteiger charge is 2.04. The Balaban J connectivity index is 1.73. The van der Waals surface area contributed by atoms with E-state index in [9.17, 15) is 0 Å². The van der Waals surface area contributed by atoms with Crippen LogP contribution in [-0.2, 0) is 13.0 Å². The van der Waals surface area contributed by atoms with E-state index in [1.54, 1.807) is 32.6 Å². The van der Waals surface area contributed by atoms with Gasteiger partial charge in [0.15, 0.2) is 17.5 Å². The maximum absolute atomic E-state index is 5.34. The Morgan fingerprint density at radius 3 is 2.58 bits per heavy atom. The molecule has 2 aromatic rings. The Kier molecular flexibility index (Phi) is 7.42. The van der Waals surface area contributed by atoms with Crippen LogP contribution in [0.2, 0.25) is 0 Å². The van der Waals surface area contributed by atoms with Crippen LogP contribution in [0.15, 0.2) is 40.0 Å². The molecule has 1 aromatic carbocycles. The molecule has 2 N–H and O–H groups in total. The van der Waals surface area contributed by atoms with Crippen molar-refractivity contribution in [3.63, 3.8) is 0 Å². The van der Waals surface area contributed by atoms with Gasteiger partial charge >= 0.3 is 0 Å². The fraction of sp³-hybridized carbons (Fsp3) is 0.389. The van der Waals surface area contributed by atoms with Crippen LogP contribution in [0.4, 0.5) is 0 Å². The van der Waals surface area contributed by atoms with Crippen LogP contribution in [0.25, 0.3) is 0 Å². The minimum Gasteiger partial charge on any atom is -0.493 e. The number of methoxy groups -OCH3 is 2. The molecule has 0 amide bonds. The minimum absolute atomic E-state index is 0.761. The van der Waals surface area contributed by atoms with Gasteiger partial charge in [-0.25, -0.2) is 0 Å². The summed E-state index contributed by atoms with van der Waals surface area (Å²) in [6.07, 6.45) is 1.98. The number of guanidine groups is 1. The number of nitrogens with zero attached hydrogens (tertiary/aromatic N) is 1. The van der Waals surface area contributed by atoms with Crippen LogP contribution < -0.4 is 20.1 Å². The van der Waals surface area contributed by atoms with Gasteiger partial charge in [-0.3, -0.25) is 4.99 Å². The fourth-order valence-electron chi connectivity index (χ4n) is 2.34. The van der Waals surface area contributed by atoms with Gasteiger partial charge in [0.1, 0.15) is 0 Å². The van der Waals surface area contributed by atoms with E-state index in [1.807, 2.05) is 12.1 Å². The molecule has 0 atom stereocenters. The van der Waals surface area contributed by atoms with Gasteiger partial charge < -0.3 is 20.1 Å². The Labute approximate surface area is 147 Å². The smallest absolute Gasteiger partial charge is 0.191 e. The molecule has 24 heavy (non-hydrogen) atoms. The molecule has 130 valence electrons. The molecular formula is C18H25N3O2S. The number of hydrogen-bond acceptors (Lipinski definition) is 4. The quantitative estimate of drug-likeness (QED) is 0.438. The highest BCUT2D eigenvalue weighted by molar-refractivity contribution is 7.07. The molecule has 0 spiro atoms. The summed E-state index contributed by atoms with van der Waals surface area (Å²) in [7, 11) is 5.10. The molecule has 5 nitrogen and oxygen atoms in total. The summed E-state index contributed by atoms with van der Waals surface area (Å²) in [6.45, 7) is 1.65. The van der Waals surface area contributed by atoms with Gasteiger partial charge in [-0.1, -0.05) is 6.07 Å². The topological polar surface area (TPSA) is 54.9 Å². The molecule has 0 saturated carbocycles. The van der Waals surface area contributed by atoms with Crippen molar-refractivity contribution >= 4 is 17.3 Å². The van der Waals surface area contributed by atoms with Crippen molar-refractivity contribution in [3.8, 4) is 11.5 Å². The van der Waals surface area contributed by atoms with Crippen molar-refractivity contribution in [1.82, 2.24) is 10.6 Å². The van der Waals surface area contributed by atoms with E-state index < -0.39 is 0 Å². The summed E-state index contributed by atoms with van der Waals surface area (Å²) in [5.41, 5.74) is 2.50. The fourth-order valence-corrected chi connectivity index (χ4v) is 3.00. The normalized spacial score (nSPS) is 11.2. The van der Waals surface area contributed by atoms with Crippen LogP contribution >= 0.6 is 11.3 Å². The first-order valence-corrected chi connectivity index (χ1v) is 8.87. The number of thiophene rings is 1. The second-order valence-electron chi connectivity index (χ2n) is 5.28. The van der Waals surface area contributed by atoms with Crippen LogP contribution in [0, 0.1) is 0 Å². The number of benzene rings is 1. The summed E-state index contributed by atoms with van der Waals surface area (Å²) in [5, 5.41) is 10.9. The highest BCUT2D eigenvalue weighted by atomic mass is 32.1. The molecule has 0 aliphatic rings. The van der Waals surface area contributed by atoms with Crippen molar-refractivity contribution in [1.29, 1.82) is 0 Å². The molecule has 0 radical (unpaired) electrons. The van der Waals surface area contributed by atoms with Crippen LogP contribution in [-0.4, -0.2) is 33.8 Å². The maximum atomic E-state index is 5.34. The zero-order valence-electron chi connectivity index (χ0n) is 14.5. The molecule has 1 aromatic heterocycles. The van der Waals surface area contributed by atoms with Gasteiger partial charge in [0.05, 0.1) is 14.2 Å². The van der Waals surface area contributed by atoms with Crippen LogP contribution in [0.5, 0.6) is 11.5 Å². The third-order valence-corrected chi connectivity index (χ3v) is 4.38. The number of nitrogens with one attached hydrogen (secondary N) is 2. The Bertz CT molecular complexity index is 642. The highest BCUT2D eigenvalue weighted by Crippen LogP contribution is 2.27. The molecule has 0 unspecified atom stereocenters. The van der Waals surface area contributed by atoms with Gasteiger partial charge in [0.2, 0.25) is 0 Å². The van der Waals surface area contributed by atoms with Crippen molar-refractivity contribution < 1.29 is 9.47 Å². The predicted octanol–water partition coefficient (Wildman–Crippen LogP) is 3.06. The second kappa shape index (κ2) is 9.82. The zero-order chi connectivity index (χ0) is 17.2. The summed E-state index contributed by atoms with van der Waals surface area (Å²) in [5.74, 6) is 2.36. The molecule has 0 saturated heterocycles. The lowest BCUT2D eigenvalue weighted by Gasteiger charge is -2.12. The van der Waals surface area contributed by atoms with E-state index in [2.05, 4.69) is 38.5 Å². The first kappa shape index (κ1) is 18.1. The molecule has 0 aliphatic heterocycles. The predicted molar refractivity (Wildman–Crippen MR) is 100 cm³/mol. The average molecular weight is 347 g/mol. The molecular weight excluding hydrogens is 322 g/mol. The number of aryl methyl sites for hydroxylation is 1. The van der Waals surface area contributed by atoms with Gasteiger partial charge in [0.25, 0.3) is 0 Å². The third-order valence-electron chi connectivity index (χ3n) is 3.65. The molecule has 0 aliphatic carbocycles. The minimum atomic E-state index is 0.761. The third kappa shape index (κ3) is 5.45. The number of hydrogen-bond donors (Lipinski definition) is 2. The standard InChI is InChI=1S/C18H25N3O2S/c1-19-18(21-12-15-8-10-24-13-15)20-9-4-5-14-6-7-16(22-2)17(11-14)23-3/h6-8,10-11,13H,4-5,9,12H2,1-3H3,(H2,19,20,21). The molecule has 0 bridgehead atoms. The lowest BCUT2D eigenvalue weighted by Crippen LogP contribution is -2.37. The lowest BCUT2D eigenvalue weighted by molar-refractivity contribution is 0.354. The van der Waals surface area contributed by atoms with Gasteiger partial charge in [-0.15, -0.1) is 0 Å². The zero-order valence-corrected chi connectivity index (χ0v) is 15.3. The summed E-state index contributed by atoms with van der Waals surface area (Å²) in [4.78, 5) is 4.24. The summed E-state index contributed by atoms with van der Waals surface area (Å²) in [6, 6.07) is 8.17. The SMILES string of the molecule is CN=C(NCCCc1ccc(OC)c(OC)c1)NCc1ccsc1. The number of ether oxygens (including phenoxy) is 2. The first-order chi connectivity index (χ1) is 11.8. The van der Waals surface area contributed by atoms with E-state index >= 15 is 0 Å². The molecule has 0 fully saturated rings. The molecule has 2 rings (SSSR count). The molecule has 6 heteroatoms.